The molecular weight excluding hydrogens is 240 g/mol. The van der Waals surface area contributed by atoms with Crippen LogP contribution in [0.25, 0.3) is 0 Å². The van der Waals surface area contributed by atoms with E-state index in [1.165, 1.54) is 38.5 Å². The Morgan fingerprint density at radius 3 is 2.32 bits per heavy atom. The van der Waals surface area contributed by atoms with E-state index < -0.39 is 0 Å². The highest BCUT2D eigenvalue weighted by atomic mass is 16.5. The van der Waals surface area contributed by atoms with E-state index >= 15 is 0 Å². The Kier molecular flexibility index (Phi) is 7.39. The minimum atomic E-state index is -0.254. The number of ether oxygens (including phenoxy) is 1. The molecule has 1 rings (SSSR count). The Labute approximate surface area is 117 Å². The van der Waals surface area contributed by atoms with Crippen LogP contribution in [0.5, 0.6) is 0 Å². The number of nitrogens with one attached hydrogen (secondary N) is 2. The van der Waals surface area contributed by atoms with Gasteiger partial charge in [0.05, 0.1) is 5.60 Å². The van der Waals surface area contributed by atoms with Crippen LogP contribution in [0.4, 0.5) is 0 Å². The molecule has 2 N–H and O–H groups in total. The van der Waals surface area contributed by atoms with Crippen molar-refractivity contribution in [2.45, 2.75) is 70.9 Å². The molecule has 112 valence electrons. The molecule has 0 saturated heterocycles. The quantitative estimate of drug-likeness (QED) is 0.575. The number of hydrogen-bond acceptors (Lipinski definition) is 3. The third kappa shape index (κ3) is 9.00. The van der Waals surface area contributed by atoms with Gasteiger partial charge in [-0.15, -0.1) is 0 Å². The molecule has 1 aliphatic carbocycles. The normalized spacial score (nSPS) is 18.1. The molecule has 4 nitrogen and oxygen atoms in total. The van der Waals surface area contributed by atoms with E-state index in [1.54, 1.807) is 0 Å². The summed E-state index contributed by atoms with van der Waals surface area (Å²) in [6, 6.07) is 0.644. The first-order valence-corrected chi connectivity index (χ1v) is 7.61. The molecule has 1 amide bonds. The van der Waals surface area contributed by atoms with Gasteiger partial charge in [0.15, 0.2) is 0 Å². The van der Waals surface area contributed by atoms with Gasteiger partial charge in [-0.25, -0.2) is 0 Å². The van der Waals surface area contributed by atoms with Gasteiger partial charge in [0.1, 0.15) is 6.61 Å². The van der Waals surface area contributed by atoms with Crippen molar-refractivity contribution >= 4 is 5.91 Å². The number of carbonyl (C=O) groups excluding carboxylic acids is 1. The van der Waals surface area contributed by atoms with Gasteiger partial charge in [-0.05, 0) is 33.6 Å². The predicted molar refractivity (Wildman–Crippen MR) is 78.2 cm³/mol. The second-order valence-corrected chi connectivity index (χ2v) is 6.39. The predicted octanol–water partition coefficient (Wildman–Crippen LogP) is 2.23. The van der Waals surface area contributed by atoms with Crippen molar-refractivity contribution in [1.29, 1.82) is 0 Å². The SMILES string of the molecule is CC(C)(C)OCC(=O)NCCNC1CCCCCC1. The fourth-order valence-electron chi connectivity index (χ4n) is 2.29. The van der Waals surface area contributed by atoms with Gasteiger partial charge < -0.3 is 15.4 Å². The average molecular weight is 270 g/mol. The maximum absolute atomic E-state index is 11.5. The molecule has 0 aromatic rings. The maximum Gasteiger partial charge on any atom is 0.246 e. The molecule has 0 bridgehead atoms. The summed E-state index contributed by atoms with van der Waals surface area (Å²) in [5, 5.41) is 6.42. The van der Waals surface area contributed by atoms with Crippen molar-refractivity contribution < 1.29 is 9.53 Å². The van der Waals surface area contributed by atoms with Gasteiger partial charge in [0, 0.05) is 19.1 Å². The van der Waals surface area contributed by atoms with Gasteiger partial charge in [0.25, 0.3) is 0 Å². The van der Waals surface area contributed by atoms with Crippen LogP contribution in [0.3, 0.4) is 0 Å². The summed E-state index contributed by atoms with van der Waals surface area (Å²) in [5.41, 5.74) is -0.254. The van der Waals surface area contributed by atoms with Crippen molar-refractivity contribution in [2.24, 2.45) is 0 Å². The first kappa shape index (κ1) is 16.4. The van der Waals surface area contributed by atoms with Crippen LogP contribution in [0, 0.1) is 0 Å². The zero-order valence-corrected chi connectivity index (χ0v) is 12.8. The monoisotopic (exact) mass is 270 g/mol. The Morgan fingerprint density at radius 1 is 1.11 bits per heavy atom. The molecule has 19 heavy (non-hydrogen) atoms. The van der Waals surface area contributed by atoms with Crippen LogP contribution in [-0.2, 0) is 9.53 Å². The largest absolute Gasteiger partial charge is 0.366 e. The second kappa shape index (κ2) is 8.54. The van der Waals surface area contributed by atoms with Crippen molar-refractivity contribution in [2.75, 3.05) is 19.7 Å². The van der Waals surface area contributed by atoms with Crippen LogP contribution in [0.15, 0.2) is 0 Å². The first-order valence-electron chi connectivity index (χ1n) is 7.61. The van der Waals surface area contributed by atoms with E-state index in [9.17, 15) is 4.79 Å². The van der Waals surface area contributed by atoms with Crippen LogP contribution in [-0.4, -0.2) is 37.2 Å². The Balaban J connectivity index is 2.01. The molecule has 1 aliphatic rings. The number of hydrogen-bond donors (Lipinski definition) is 2. The molecule has 1 saturated carbocycles. The molecule has 0 aliphatic heterocycles. The summed E-state index contributed by atoms with van der Waals surface area (Å²) in [7, 11) is 0. The number of amides is 1. The van der Waals surface area contributed by atoms with Crippen molar-refractivity contribution in [3.63, 3.8) is 0 Å². The summed E-state index contributed by atoms with van der Waals surface area (Å²) >= 11 is 0. The first-order chi connectivity index (χ1) is 8.97. The third-order valence-electron chi connectivity index (χ3n) is 3.37. The lowest BCUT2D eigenvalue weighted by molar-refractivity contribution is -0.130. The highest BCUT2D eigenvalue weighted by Gasteiger charge is 2.13. The van der Waals surface area contributed by atoms with Crippen molar-refractivity contribution in [3.8, 4) is 0 Å². The summed E-state index contributed by atoms with van der Waals surface area (Å²) in [4.78, 5) is 11.5. The van der Waals surface area contributed by atoms with E-state index in [-0.39, 0.29) is 18.1 Å². The van der Waals surface area contributed by atoms with E-state index in [4.69, 9.17) is 4.74 Å². The molecule has 1 fully saturated rings. The Hall–Kier alpha value is -0.610. The lowest BCUT2D eigenvalue weighted by Crippen LogP contribution is -2.39. The van der Waals surface area contributed by atoms with E-state index in [0.29, 0.717) is 12.6 Å². The van der Waals surface area contributed by atoms with E-state index in [0.717, 1.165) is 6.54 Å². The Morgan fingerprint density at radius 2 is 1.74 bits per heavy atom. The molecular formula is C15H30N2O2. The fourth-order valence-corrected chi connectivity index (χ4v) is 2.29. The molecule has 4 heteroatoms. The zero-order valence-electron chi connectivity index (χ0n) is 12.8. The second-order valence-electron chi connectivity index (χ2n) is 6.39. The lowest BCUT2D eigenvalue weighted by atomic mass is 10.1. The van der Waals surface area contributed by atoms with Crippen molar-refractivity contribution in [3.05, 3.63) is 0 Å². The van der Waals surface area contributed by atoms with E-state index in [2.05, 4.69) is 10.6 Å². The highest BCUT2D eigenvalue weighted by Crippen LogP contribution is 2.16. The molecule has 0 aromatic carbocycles. The molecule has 0 radical (unpaired) electrons. The van der Waals surface area contributed by atoms with E-state index in [1.807, 2.05) is 20.8 Å². The molecule has 0 unspecified atom stereocenters. The van der Waals surface area contributed by atoms with Gasteiger partial charge >= 0.3 is 0 Å². The van der Waals surface area contributed by atoms with Crippen molar-refractivity contribution in [1.82, 2.24) is 10.6 Å². The van der Waals surface area contributed by atoms with Gasteiger partial charge in [-0.2, -0.15) is 0 Å². The summed E-state index contributed by atoms with van der Waals surface area (Å²) < 4.78 is 5.42. The topological polar surface area (TPSA) is 50.4 Å². The summed E-state index contributed by atoms with van der Waals surface area (Å²) in [6.45, 7) is 7.54. The molecule has 0 heterocycles. The molecule has 0 aromatic heterocycles. The molecule has 0 atom stereocenters. The lowest BCUT2D eigenvalue weighted by Gasteiger charge is -2.19. The number of carbonyl (C=O) groups is 1. The third-order valence-corrected chi connectivity index (χ3v) is 3.37. The Bertz CT molecular complexity index is 253. The van der Waals surface area contributed by atoms with Crippen LogP contribution in [0.1, 0.15) is 59.3 Å². The zero-order chi connectivity index (χ0) is 14.1. The fraction of sp³-hybridized carbons (Fsp3) is 0.933. The standard InChI is InChI=1S/C15H30N2O2/c1-15(2,3)19-12-14(18)17-11-10-16-13-8-6-4-5-7-9-13/h13,16H,4-12H2,1-3H3,(H,17,18). The van der Waals surface area contributed by atoms with Crippen LogP contribution in [0.2, 0.25) is 0 Å². The summed E-state index contributed by atoms with van der Waals surface area (Å²) in [6.07, 6.45) is 7.98. The maximum atomic E-state index is 11.5. The smallest absolute Gasteiger partial charge is 0.246 e. The molecule has 0 spiro atoms. The minimum absolute atomic E-state index is 0.0300. The minimum Gasteiger partial charge on any atom is -0.366 e. The average Bonchev–Trinajstić information content (AvgIpc) is 2.60. The number of rotatable bonds is 6. The van der Waals surface area contributed by atoms with Gasteiger partial charge in [-0.3, -0.25) is 4.79 Å². The highest BCUT2D eigenvalue weighted by molar-refractivity contribution is 5.77. The van der Waals surface area contributed by atoms with Gasteiger partial charge in [-0.1, -0.05) is 25.7 Å². The van der Waals surface area contributed by atoms with Gasteiger partial charge in [0.2, 0.25) is 5.91 Å². The van der Waals surface area contributed by atoms with Crippen LogP contribution < -0.4 is 10.6 Å². The summed E-state index contributed by atoms with van der Waals surface area (Å²) in [5.74, 6) is -0.0300. The van der Waals surface area contributed by atoms with Crippen LogP contribution >= 0.6 is 0 Å².